The second kappa shape index (κ2) is 4.13. The zero-order valence-corrected chi connectivity index (χ0v) is 8.74. The van der Waals surface area contributed by atoms with Gasteiger partial charge in [-0.3, -0.25) is 9.48 Å². The molecule has 0 aliphatic heterocycles. The van der Waals surface area contributed by atoms with Gasteiger partial charge < -0.3 is 11.1 Å². The Bertz CT molecular complexity index is 332. The Balaban J connectivity index is 2.74. The third-order valence-corrected chi connectivity index (χ3v) is 2.12. The van der Waals surface area contributed by atoms with Crippen LogP contribution >= 0.6 is 0 Å². The molecule has 0 spiro atoms. The lowest BCUT2D eigenvalue weighted by atomic mass is 10.2. The van der Waals surface area contributed by atoms with E-state index in [9.17, 15) is 4.79 Å². The number of hydrogen-bond donors (Lipinski definition) is 2. The van der Waals surface area contributed by atoms with Crippen molar-refractivity contribution in [1.29, 1.82) is 0 Å². The van der Waals surface area contributed by atoms with Crippen molar-refractivity contribution in [3.05, 3.63) is 11.8 Å². The van der Waals surface area contributed by atoms with Crippen molar-refractivity contribution >= 4 is 11.7 Å². The maximum atomic E-state index is 11.6. The third kappa shape index (κ3) is 2.25. The number of nitrogens with zero attached hydrogens (tertiary/aromatic N) is 2. The second-order valence-electron chi connectivity index (χ2n) is 3.36. The third-order valence-electron chi connectivity index (χ3n) is 2.12. The van der Waals surface area contributed by atoms with Gasteiger partial charge in [0.25, 0.3) is 5.91 Å². The number of carbonyl (C=O) groups excluding carboxylic acids is 1. The molecule has 1 unspecified atom stereocenters. The van der Waals surface area contributed by atoms with Gasteiger partial charge in [0.2, 0.25) is 0 Å². The van der Waals surface area contributed by atoms with Gasteiger partial charge >= 0.3 is 0 Å². The summed E-state index contributed by atoms with van der Waals surface area (Å²) in [6.07, 6.45) is 0.902. The minimum atomic E-state index is -0.133. The summed E-state index contributed by atoms with van der Waals surface area (Å²) in [4.78, 5) is 11.6. The molecule has 0 aliphatic carbocycles. The number of anilines is 1. The molecule has 0 saturated carbocycles. The molecule has 1 aromatic rings. The van der Waals surface area contributed by atoms with Crippen molar-refractivity contribution in [3.8, 4) is 0 Å². The molecule has 78 valence electrons. The van der Waals surface area contributed by atoms with Crippen molar-refractivity contribution in [2.75, 3.05) is 5.73 Å². The minimum Gasteiger partial charge on any atom is -0.382 e. The first-order valence-corrected chi connectivity index (χ1v) is 4.65. The first-order valence-electron chi connectivity index (χ1n) is 4.65. The predicted molar refractivity (Wildman–Crippen MR) is 54.8 cm³/mol. The van der Waals surface area contributed by atoms with Crippen molar-refractivity contribution in [2.45, 2.75) is 26.3 Å². The van der Waals surface area contributed by atoms with Crippen molar-refractivity contribution in [3.63, 3.8) is 0 Å². The fourth-order valence-electron chi connectivity index (χ4n) is 1.10. The Labute approximate surface area is 83.3 Å². The number of aryl methyl sites for hydroxylation is 1. The molecule has 0 radical (unpaired) electrons. The Morgan fingerprint density at radius 2 is 2.43 bits per heavy atom. The van der Waals surface area contributed by atoms with E-state index in [4.69, 9.17) is 5.73 Å². The quantitative estimate of drug-likeness (QED) is 0.740. The molecule has 1 amide bonds. The van der Waals surface area contributed by atoms with E-state index in [1.54, 1.807) is 13.1 Å². The van der Waals surface area contributed by atoms with E-state index in [1.807, 2.05) is 13.8 Å². The monoisotopic (exact) mass is 196 g/mol. The molecule has 5 nitrogen and oxygen atoms in total. The van der Waals surface area contributed by atoms with Crippen LogP contribution in [0.25, 0.3) is 0 Å². The van der Waals surface area contributed by atoms with E-state index in [1.165, 1.54) is 4.68 Å². The fraction of sp³-hybridized carbons (Fsp3) is 0.556. The van der Waals surface area contributed by atoms with Crippen LogP contribution in [0.15, 0.2) is 6.07 Å². The van der Waals surface area contributed by atoms with E-state index in [0.29, 0.717) is 11.5 Å². The molecule has 0 bridgehead atoms. The summed E-state index contributed by atoms with van der Waals surface area (Å²) in [6.45, 7) is 3.97. The van der Waals surface area contributed by atoms with Crippen LogP contribution in [0.2, 0.25) is 0 Å². The zero-order valence-electron chi connectivity index (χ0n) is 8.74. The molecule has 0 fully saturated rings. The number of amides is 1. The summed E-state index contributed by atoms with van der Waals surface area (Å²) in [5.41, 5.74) is 5.96. The average Bonchev–Trinajstić information content (AvgIpc) is 2.45. The number of nitrogen functional groups attached to an aromatic ring is 1. The van der Waals surface area contributed by atoms with Gasteiger partial charge in [0.1, 0.15) is 11.5 Å². The van der Waals surface area contributed by atoms with Gasteiger partial charge in [-0.25, -0.2) is 0 Å². The van der Waals surface area contributed by atoms with Gasteiger partial charge in [-0.2, -0.15) is 5.10 Å². The molecule has 1 heterocycles. The minimum absolute atomic E-state index is 0.133. The first kappa shape index (κ1) is 10.6. The summed E-state index contributed by atoms with van der Waals surface area (Å²) in [5.74, 6) is 0.229. The van der Waals surface area contributed by atoms with E-state index in [0.717, 1.165) is 6.42 Å². The lowest BCUT2D eigenvalue weighted by molar-refractivity contribution is 0.0930. The summed E-state index contributed by atoms with van der Waals surface area (Å²) >= 11 is 0. The van der Waals surface area contributed by atoms with Crippen LogP contribution < -0.4 is 11.1 Å². The van der Waals surface area contributed by atoms with Crippen LogP contribution in [-0.4, -0.2) is 21.7 Å². The van der Waals surface area contributed by atoms with E-state index in [2.05, 4.69) is 10.4 Å². The van der Waals surface area contributed by atoms with Crippen LogP contribution in [0.5, 0.6) is 0 Å². The number of nitrogens with one attached hydrogen (secondary N) is 1. The maximum Gasteiger partial charge on any atom is 0.269 e. The molecule has 1 atom stereocenters. The van der Waals surface area contributed by atoms with Crippen molar-refractivity contribution in [2.24, 2.45) is 7.05 Å². The Kier molecular flexibility index (Phi) is 3.11. The topological polar surface area (TPSA) is 72.9 Å². The molecular formula is C9H16N4O. The first-order chi connectivity index (χ1) is 6.54. The van der Waals surface area contributed by atoms with Gasteiger partial charge in [0.05, 0.1) is 0 Å². The van der Waals surface area contributed by atoms with E-state index < -0.39 is 0 Å². The molecule has 1 aromatic heterocycles. The van der Waals surface area contributed by atoms with Gasteiger partial charge in [0, 0.05) is 19.2 Å². The van der Waals surface area contributed by atoms with Crippen molar-refractivity contribution < 1.29 is 4.79 Å². The maximum absolute atomic E-state index is 11.6. The molecular weight excluding hydrogens is 180 g/mol. The highest BCUT2D eigenvalue weighted by Crippen LogP contribution is 2.04. The normalized spacial score (nSPS) is 12.5. The summed E-state index contributed by atoms with van der Waals surface area (Å²) in [7, 11) is 1.70. The van der Waals surface area contributed by atoms with Gasteiger partial charge in [-0.1, -0.05) is 6.92 Å². The molecule has 1 rings (SSSR count). The zero-order chi connectivity index (χ0) is 10.7. The molecule has 5 heteroatoms. The Morgan fingerprint density at radius 1 is 1.79 bits per heavy atom. The molecule has 0 aromatic carbocycles. The highest BCUT2D eigenvalue weighted by atomic mass is 16.2. The molecule has 0 aliphatic rings. The highest BCUT2D eigenvalue weighted by Gasteiger charge is 2.13. The standard InChI is InChI=1S/C9H16N4O/c1-4-6(2)11-9(14)7-5-8(10)12-13(7)3/h5-6H,4H2,1-3H3,(H2,10,12)(H,11,14). The van der Waals surface area contributed by atoms with Crippen LogP contribution in [0.1, 0.15) is 30.8 Å². The second-order valence-corrected chi connectivity index (χ2v) is 3.36. The lowest BCUT2D eigenvalue weighted by Crippen LogP contribution is -2.33. The van der Waals surface area contributed by atoms with Crippen LogP contribution in [0, 0.1) is 0 Å². The summed E-state index contributed by atoms with van der Waals surface area (Å²) in [5, 5.41) is 6.74. The summed E-state index contributed by atoms with van der Waals surface area (Å²) in [6, 6.07) is 1.73. The largest absolute Gasteiger partial charge is 0.382 e. The molecule has 0 saturated heterocycles. The Morgan fingerprint density at radius 3 is 2.86 bits per heavy atom. The highest BCUT2D eigenvalue weighted by molar-refractivity contribution is 5.93. The van der Waals surface area contributed by atoms with E-state index >= 15 is 0 Å². The van der Waals surface area contributed by atoms with Gasteiger partial charge in [0.15, 0.2) is 0 Å². The van der Waals surface area contributed by atoms with Gasteiger partial charge in [-0.15, -0.1) is 0 Å². The van der Waals surface area contributed by atoms with Crippen LogP contribution in [0.3, 0.4) is 0 Å². The number of hydrogen-bond acceptors (Lipinski definition) is 3. The van der Waals surface area contributed by atoms with Crippen LogP contribution in [-0.2, 0) is 7.05 Å². The molecule has 3 N–H and O–H groups in total. The predicted octanol–water partition coefficient (Wildman–Crippen LogP) is 0.531. The SMILES string of the molecule is CCC(C)NC(=O)c1cc(N)nn1C. The molecule has 14 heavy (non-hydrogen) atoms. The fourth-order valence-corrected chi connectivity index (χ4v) is 1.10. The van der Waals surface area contributed by atoms with E-state index in [-0.39, 0.29) is 11.9 Å². The van der Waals surface area contributed by atoms with Crippen molar-refractivity contribution in [1.82, 2.24) is 15.1 Å². The van der Waals surface area contributed by atoms with Crippen LogP contribution in [0.4, 0.5) is 5.82 Å². The Hall–Kier alpha value is -1.52. The number of aromatic nitrogens is 2. The smallest absolute Gasteiger partial charge is 0.269 e. The number of carbonyl (C=O) groups is 1. The number of rotatable bonds is 3. The summed E-state index contributed by atoms with van der Waals surface area (Å²) < 4.78 is 1.48. The number of nitrogens with two attached hydrogens (primary N) is 1. The average molecular weight is 196 g/mol. The van der Waals surface area contributed by atoms with Gasteiger partial charge in [-0.05, 0) is 13.3 Å². The lowest BCUT2D eigenvalue weighted by Gasteiger charge is -2.10.